The number of primary amides is 1. The van der Waals surface area contributed by atoms with Crippen molar-refractivity contribution in [2.45, 2.75) is 5.25 Å². The molecule has 1 aliphatic rings. The average Bonchev–Trinajstić information content (AvgIpc) is 2.78. The van der Waals surface area contributed by atoms with Gasteiger partial charge < -0.3 is 15.8 Å². The predicted molar refractivity (Wildman–Crippen MR) is 87.3 cm³/mol. The lowest BCUT2D eigenvalue weighted by molar-refractivity contribution is -0.120. The first-order valence-corrected chi connectivity index (χ1v) is 8.04. The van der Waals surface area contributed by atoms with E-state index in [2.05, 4.69) is 10.4 Å². The molecule has 2 heterocycles. The maximum atomic E-state index is 11.9. The highest BCUT2D eigenvalue weighted by molar-refractivity contribution is 8.00. The van der Waals surface area contributed by atoms with Crippen LogP contribution in [0.1, 0.15) is 16.4 Å². The van der Waals surface area contributed by atoms with Crippen LogP contribution < -0.4 is 15.8 Å². The van der Waals surface area contributed by atoms with Gasteiger partial charge in [0.25, 0.3) is 5.91 Å². The number of thioether (sulfide) groups is 1. The minimum atomic E-state index is -0.524. The number of fused-ring (bicyclic) bond motifs is 1. The molecule has 1 aromatic heterocycles. The topological polar surface area (TPSA) is 99.2 Å². The van der Waals surface area contributed by atoms with Crippen LogP contribution in [0.25, 0.3) is 0 Å². The van der Waals surface area contributed by atoms with E-state index in [0.29, 0.717) is 17.3 Å². The number of nitrogens with zero attached hydrogens (tertiary/aromatic N) is 2. The molecule has 0 radical (unpaired) electrons. The lowest BCUT2D eigenvalue weighted by atomic mass is 10.1. The minimum absolute atomic E-state index is 0.0465. The molecule has 7 nitrogen and oxygen atoms in total. The van der Waals surface area contributed by atoms with Gasteiger partial charge in [0.15, 0.2) is 6.61 Å². The predicted octanol–water partition coefficient (Wildman–Crippen LogP) is 1.06. The standard InChI is InChI=1S/C15H16N4O3S/c1-19-15-11(6-17-19)14(23-8-13(21)18-15)9-3-2-4-10(5-9)22-7-12(16)20/h2-6,14H,7-8H2,1H3,(H2,16,20)(H,18,21)/t14-/m0/s1. The second-order valence-electron chi connectivity index (χ2n) is 5.14. The van der Waals surface area contributed by atoms with Gasteiger partial charge in [-0.15, -0.1) is 11.8 Å². The second-order valence-corrected chi connectivity index (χ2v) is 6.23. The van der Waals surface area contributed by atoms with Gasteiger partial charge in [0.1, 0.15) is 11.6 Å². The van der Waals surface area contributed by atoms with Crippen LogP contribution in [0.3, 0.4) is 0 Å². The molecule has 1 aromatic carbocycles. The summed E-state index contributed by atoms with van der Waals surface area (Å²) in [5, 5.41) is 7.06. The number of hydrogen-bond donors (Lipinski definition) is 2. The van der Waals surface area contributed by atoms with Crippen molar-refractivity contribution in [3.63, 3.8) is 0 Å². The van der Waals surface area contributed by atoms with E-state index in [1.165, 1.54) is 11.8 Å². The van der Waals surface area contributed by atoms with Crippen LogP contribution in [0, 0.1) is 0 Å². The van der Waals surface area contributed by atoms with Crippen molar-refractivity contribution in [2.75, 3.05) is 17.7 Å². The van der Waals surface area contributed by atoms with Crippen LogP contribution in [0.15, 0.2) is 30.5 Å². The molecular weight excluding hydrogens is 316 g/mol. The van der Waals surface area contributed by atoms with Crippen molar-refractivity contribution in [1.82, 2.24) is 9.78 Å². The van der Waals surface area contributed by atoms with Crippen LogP contribution in [-0.2, 0) is 16.6 Å². The molecular formula is C15H16N4O3S. The smallest absolute Gasteiger partial charge is 0.255 e. The van der Waals surface area contributed by atoms with E-state index in [4.69, 9.17) is 10.5 Å². The number of nitrogens with two attached hydrogens (primary N) is 1. The number of carbonyl (C=O) groups is 2. The molecule has 3 N–H and O–H groups in total. The summed E-state index contributed by atoms with van der Waals surface area (Å²) in [6.07, 6.45) is 1.76. The number of rotatable bonds is 4. The third-order valence-electron chi connectivity index (χ3n) is 3.43. The Morgan fingerprint density at radius 2 is 2.39 bits per heavy atom. The number of amides is 2. The average molecular weight is 332 g/mol. The van der Waals surface area contributed by atoms with Gasteiger partial charge in [0, 0.05) is 12.6 Å². The number of nitrogens with one attached hydrogen (secondary N) is 1. The van der Waals surface area contributed by atoms with Gasteiger partial charge in [-0.2, -0.15) is 5.10 Å². The Hall–Kier alpha value is -2.48. The fourth-order valence-electron chi connectivity index (χ4n) is 2.41. The molecule has 0 fully saturated rings. The monoisotopic (exact) mass is 332 g/mol. The lowest BCUT2D eigenvalue weighted by Crippen LogP contribution is -2.20. The van der Waals surface area contributed by atoms with Crippen molar-refractivity contribution in [2.24, 2.45) is 12.8 Å². The number of hydrogen-bond acceptors (Lipinski definition) is 5. The highest BCUT2D eigenvalue weighted by Crippen LogP contribution is 2.41. The van der Waals surface area contributed by atoms with Crippen LogP contribution in [0.2, 0.25) is 0 Å². The van der Waals surface area contributed by atoms with Gasteiger partial charge in [0.05, 0.1) is 17.2 Å². The summed E-state index contributed by atoms with van der Waals surface area (Å²) in [4.78, 5) is 22.7. The molecule has 120 valence electrons. The number of ether oxygens (including phenoxy) is 1. The van der Waals surface area contributed by atoms with Crippen LogP contribution in [-0.4, -0.2) is 34.0 Å². The summed E-state index contributed by atoms with van der Waals surface area (Å²) in [6, 6.07) is 7.43. The van der Waals surface area contributed by atoms with Gasteiger partial charge >= 0.3 is 0 Å². The quantitative estimate of drug-likeness (QED) is 0.872. The molecule has 0 unspecified atom stereocenters. The third-order valence-corrected chi connectivity index (χ3v) is 4.72. The van der Waals surface area contributed by atoms with E-state index in [0.717, 1.165) is 11.1 Å². The highest BCUT2D eigenvalue weighted by atomic mass is 32.2. The zero-order valence-corrected chi connectivity index (χ0v) is 13.3. The third kappa shape index (κ3) is 3.31. The maximum absolute atomic E-state index is 11.9. The van der Waals surface area contributed by atoms with Gasteiger partial charge in [0.2, 0.25) is 5.91 Å². The Morgan fingerprint density at radius 1 is 1.57 bits per heavy atom. The lowest BCUT2D eigenvalue weighted by Gasteiger charge is -2.15. The fourth-order valence-corrected chi connectivity index (χ4v) is 3.50. The Labute approximate surface area is 137 Å². The van der Waals surface area contributed by atoms with E-state index in [-0.39, 0.29) is 17.8 Å². The Kier molecular flexibility index (Phi) is 4.24. The molecule has 0 aliphatic carbocycles. The number of anilines is 1. The first kappa shape index (κ1) is 15.4. The van der Waals surface area contributed by atoms with Crippen LogP contribution in [0.5, 0.6) is 5.75 Å². The van der Waals surface area contributed by atoms with Gasteiger partial charge in [-0.05, 0) is 17.7 Å². The Morgan fingerprint density at radius 3 is 3.17 bits per heavy atom. The van der Waals surface area contributed by atoms with Gasteiger partial charge in [-0.25, -0.2) is 0 Å². The van der Waals surface area contributed by atoms with Crippen LogP contribution in [0.4, 0.5) is 5.82 Å². The van der Waals surface area contributed by atoms with E-state index in [9.17, 15) is 9.59 Å². The van der Waals surface area contributed by atoms with Gasteiger partial charge in [-0.1, -0.05) is 12.1 Å². The Balaban J connectivity index is 1.93. The zero-order valence-electron chi connectivity index (χ0n) is 12.5. The first-order valence-electron chi connectivity index (χ1n) is 6.99. The van der Waals surface area contributed by atoms with E-state index < -0.39 is 5.91 Å². The molecule has 2 amide bonds. The largest absolute Gasteiger partial charge is 0.484 e. The molecule has 0 saturated heterocycles. The fraction of sp³-hybridized carbons (Fsp3) is 0.267. The zero-order chi connectivity index (χ0) is 16.4. The summed E-state index contributed by atoms with van der Waals surface area (Å²) < 4.78 is 7.01. The van der Waals surface area contributed by atoms with Crippen molar-refractivity contribution >= 4 is 29.4 Å². The molecule has 0 spiro atoms. The van der Waals surface area contributed by atoms with Crippen molar-refractivity contribution in [3.05, 3.63) is 41.6 Å². The summed E-state index contributed by atoms with van der Waals surface area (Å²) >= 11 is 1.52. The van der Waals surface area contributed by atoms with E-state index in [1.54, 1.807) is 24.0 Å². The SMILES string of the molecule is Cn1ncc2c1NC(=O)CS[C@H]2c1cccc(OCC(N)=O)c1. The molecule has 0 saturated carbocycles. The second kappa shape index (κ2) is 6.33. The van der Waals surface area contributed by atoms with E-state index >= 15 is 0 Å². The highest BCUT2D eigenvalue weighted by Gasteiger charge is 2.27. The van der Waals surface area contributed by atoms with Crippen molar-refractivity contribution < 1.29 is 14.3 Å². The van der Waals surface area contributed by atoms with Gasteiger partial charge in [-0.3, -0.25) is 14.3 Å². The summed E-state index contributed by atoms with van der Waals surface area (Å²) in [5.74, 6) is 1.04. The van der Waals surface area contributed by atoms with Crippen LogP contribution >= 0.6 is 11.8 Å². The van der Waals surface area contributed by atoms with Crippen molar-refractivity contribution in [1.29, 1.82) is 0 Å². The first-order chi connectivity index (χ1) is 11.0. The number of aryl methyl sites for hydroxylation is 1. The summed E-state index contributed by atoms with van der Waals surface area (Å²) in [7, 11) is 1.79. The molecule has 1 atom stereocenters. The number of aromatic nitrogens is 2. The molecule has 3 rings (SSSR count). The molecule has 2 aromatic rings. The molecule has 1 aliphatic heterocycles. The normalized spacial score (nSPS) is 17.1. The van der Waals surface area contributed by atoms with E-state index in [1.807, 2.05) is 18.2 Å². The Bertz CT molecular complexity index is 759. The molecule has 23 heavy (non-hydrogen) atoms. The maximum Gasteiger partial charge on any atom is 0.255 e. The number of carbonyl (C=O) groups excluding carboxylic acids is 2. The molecule has 8 heteroatoms. The summed E-state index contributed by atoms with van der Waals surface area (Å²) in [5.41, 5.74) is 7.01. The summed E-state index contributed by atoms with van der Waals surface area (Å²) in [6.45, 7) is -0.167. The van der Waals surface area contributed by atoms with Crippen molar-refractivity contribution in [3.8, 4) is 5.75 Å². The minimum Gasteiger partial charge on any atom is -0.484 e. The number of benzene rings is 1. The molecule has 0 bridgehead atoms.